The van der Waals surface area contributed by atoms with Gasteiger partial charge in [0.15, 0.2) is 5.65 Å². The van der Waals surface area contributed by atoms with E-state index in [0.717, 1.165) is 0 Å². The van der Waals surface area contributed by atoms with Crippen LogP contribution in [0, 0.1) is 0 Å². The molecule has 11 nitrogen and oxygen atoms in total. The fourth-order valence-electron chi connectivity index (χ4n) is 2.69. The Morgan fingerprint density at radius 2 is 2.36 bits per heavy atom. The average Bonchev–Trinajstić information content (AvgIpc) is 3.02. The van der Waals surface area contributed by atoms with Crippen LogP contribution in [0.2, 0.25) is 0 Å². The Morgan fingerprint density at radius 3 is 3.05 bits per heavy atom. The Kier molecular flexibility index (Phi) is 3.34. The molecule has 1 aliphatic heterocycles. The van der Waals surface area contributed by atoms with Crippen LogP contribution < -0.4 is 5.73 Å². The van der Waals surface area contributed by atoms with Crippen LogP contribution in [-0.2, 0) is 4.74 Å². The SMILES string of the molecule is C[C@@]1(N=[N+]=[N-])[C@H](O)[C@@H](CO)O[C@H]1c1cnn2c(N)ncnc12. The molecular weight excluding hydrogens is 292 g/mol. The number of nitrogen functional groups attached to an aromatic ring is 1. The standard InChI is InChI=1S/C11H14N8O3/c1-11(17-18-13)7(21)6(3-20)22-8(11)5-2-16-19-9(5)14-4-15-10(19)12/h2,4,6-8,20-21H,3H2,1H3,(H2,12,14,15)/t6-,7-,8+,11-/m1/s1. The molecular formula is C11H14N8O3. The van der Waals surface area contributed by atoms with Gasteiger partial charge in [-0.05, 0) is 12.5 Å². The Bertz CT molecular complexity index is 757. The van der Waals surface area contributed by atoms with Gasteiger partial charge >= 0.3 is 0 Å². The number of hydrogen-bond donors (Lipinski definition) is 3. The number of rotatable bonds is 3. The normalized spacial score (nSPS) is 31.3. The maximum absolute atomic E-state index is 10.3. The summed E-state index contributed by atoms with van der Waals surface area (Å²) >= 11 is 0. The summed E-state index contributed by atoms with van der Waals surface area (Å²) in [6, 6.07) is 0. The molecule has 0 radical (unpaired) electrons. The zero-order valence-electron chi connectivity index (χ0n) is 11.6. The summed E-state index contributed by atoms with van der Waals surface area (Å²) in [6.07, 6.45) is -0.150. The van der Waals surface area contributed by atoms with Crippen molar-refractivity contribution in [3.8, 4) is 0 Å². The topological polar surface area (TPSA) is 168 Å². The second kappa shape index (κ2) is 5.07. The Labute approximate surface area is 124 Å². The third-order valence-corrected chi connectivity index (χ3v) is 3.87. The van der Waals surface area contributed by atoms with E-state index in [1.807, 2.05) is 0 Å². The van der Waals surface area contributed by atoms with Crippen molar-refractivity contribution in [1.82, 2.24) is 19.6 Å². The lowest BCUT2D eigenvalue weighted by molar-refractivity contribution is -0.0223. The monoisotopic (exact) mass is 306 g/mol. The maximum Gasteiger partial charge on any atom is 0.224 e. The quantitative estimate of drug-likeness (QED) is 0.392. The molecule has 11 heteroatoms. The highest BCUT2D eigenvalue weighted by molar-refractivity contribution is 5.51. The van der Waals surface area contributed by atoms with Crippen molar-refractivity contribution in [3.05, 3.63) is 28.5 Å². The molecule has 1 saturated heterocycles. The predicted molar refractivity (Wildman–Crippen MR) is 73.5 cm³/mol. The first-order chi connectivity index (χ1) is 10.5. The average molecular weight is 306 g/mol. The first kappa shape index (κ1) is 14.5. The molecule has 4 N–H and O–H groups in total. The molecule has 22 heavy (non-hydrogen) atoms. The number of aromatic nitrogens is 4. The van der Waals surface area contributed by atoms with Crippen LogP contribution in [-0.4, -0.2) is 54.1 Å². The van der Waals surface area contributed by atoms with E-state index in [-0.39, 0.29) is 5.95 Å². The number of ether oxygens (including phenoxy) is 1. The first-order valence-corrected chi connectivity index (χ1v) is 6.47. The molecule has 0 saturated carbocycles. The summed E-state index contributed by atoms with van der Waals surface area (Å²) in [5.41, 5.74) is 14.1. The molecule has 0 aromatic carbocycles. The molecule has 3 rings (SSSR count). The van der Waals surface area contributed by atoms with Gasteiger partial charge in [-0.2, -0.15) is 9.61 Å². The van der Waals surface area contributed by atoms with Crippen molar-refractivity contribution < 1.29 is 14.9 Å². The fraction of sp³-hybridized carbons (Fsp3) is 0.545. The van der Waals surface area contributed by atoms with Gasteiger partial charge in [0.05, 0.1) is 18.9 Å². The van der Waals surface area contributed by atoms with Crippen LogP contribution in [0.25, 0.3) is 16.1 Å². The molecule has 4 atom stereocenters. The summed E-state index contributed by atoms with van der Waals surface area (Å²) in [5, 5.41) is 27.4. The number of nitrogens with two attached hydrogens (primary N) is 1. The van der Waals surface area contributed by atoms with E-state index < -0.39 is 30.5 Å². The van der Waals surface area contributed by atoms with Crippen LogP contribution in [0.15, 0.2) is 17.6 Å². The molecule has 1 aliphatic rings. The number of anilines is 1. The summed E-state index contributed by atoms with van der Waals surface area (Å²) < 4.78 is 6.98. The lowest BCUT2D eigenvalue weighted by Gasteiger charge is -2.26. The molecule has 1 fully saturated rings. The number of hydrogen-bond acceptors (Lipinski definition) is 8. The smallest absolute Gasteiger partial charge is 0.224 e. The number of fused-ring (bicyclic) bond motifs is 1. The number of nitrogens with zero attached hydrogens (tertiary/aromatic N) is 7. The van der Waals surface area contributed by atoms with Gasteiger partial charge in [-0.1, -0.05) is 5.11 Å². The van der Waals surface area contributed by atoms with Crippen LogP contribution in [0.1, 0.15) is 18.6 Å². The third-order valence-electron chi connectivity index (χ3n) is 3.87. The van der Waals surface area contributed by atoms with E-state index in [1.54, 1.807) is 6.92 Å². The van der Waals surface area contributed by atoms with E-state index in [1.165, 1.54) is 17.0 Å². The molecule has 0 unspecified atom stereocenters. The van der Waals surface area contributed by atoms with E-state index in [0.29, 0.717) is 11.2 Å². The summed E-state index contributed by atoms with van der Waals surface area (Å²) in [5.74, 6) is 0.138. The molecule has 0 bridgehead atoms. The lowest BCUT2D eigenvalue weighted by Crippen LogP contribution is -2.41. The summed E-state index contributed by atoms with van der Waals surface area (Å²) in [7, 11) is 0. The summed E-state index contributed by atoms with van der Waals surface area (Å²) in [4.78, 5) is 10.7. The zero-order valence-corrected chi connectivity index (χ0v) is 11.6. The minimum absolute atomic E-state index is 0.138. The minimum atomic E-state index is -1.31. The van der Waals surface area contributed by atoms with Crippen LogP contribution >= 0.6 is 0 Å². The summed E-state index contributed by atoms with van der Waals surface area (Å²) in [6.45, 7) is 1.14. The first-order valence-electron chi connectivity index (χ1n) is 6.47. The van der Waals surface area contributed by atoms with Crippen molar-refractivity contribution in [3.63, 3.8) is 0 Å². The van der Waals surface area contributed by atoms with Gasteiger partial charge in [0.25, 0.3) is 0 Å². The molecule has 0 spiro atoms. The molecule has 3 heterocycles. The van der Waals surface area contributed by atoms with Gasteiger partial charge in [0.2, 0.25) is 5.95 Å². The Hall–Kier alpha value is -2.46. The fourth-order valence-corrected chi connectivity index (χ4v) is 2.69. The number of azide groups is 1. The van der Waals surface area contributed by atoms with Gasteiger partial charge in [0.1, 0.15) is 24.1 Å². The highest BCUT2D eigenvalue weighted by Gasteiger charge is 2.54. The van der Waals surface area contributed by atoms with Crippen molar-refractivity contribution in [1.29, 1.82) is 0 Å². The molecule has 0 amide bonds. The van der Waals surface area contributed by atoms with E-state index in [4.69, 9.17) is 16.0 Å². The van der Waals surface area contributed by atoms with Gasteiger partial charge in [0, 0.05) is 10.5 Å². The van der Waals surface area contributed by atoms with Crippen LogP contribution in [0.5, 0.6) is 0 Å². The Balaban J connectivity index is 2.16. The van der Waals surface area contributed by atoms with E-state index in [2.05, 4.69) is 25.1 Å². The van der Waals surface area contributed by atoms with Crippen molar-refractivity contribution in [2.24, 2.45) is 5.11 Å². The minimum Gasteiger partial charge on any atom is -0.394 e. The molecule has 2 aromatic heterocycles. The van der Waals surface area contributed by atoms with Crippen molar-refractivity contribution in [2.75, 3.05) is 12.3 Å². The zero-order chi connectivity index (χ0) is 15.9. The highest BCUT2D eigenvalue weighted by atomic mass is 16.5. The van der Waals surface area contributed by atoms with Gasteiger partial charge in [-0.25, -0.2) is 9.97 Å². The Morgan fingerprint density at radius 1 is 1.59 bits per heavy atom. The number of aliphatic hydroxyl groups excluding tert-OH is 2. The molecule has 116 valence electrons. The van der Waals surface area contributed by atoms with Gasteiger partial charge < -0.3 is 20.7 Å². The van der Waals surface area contributed by atoms with Crippen molar-refractivity contribution >= 4 is 11.6 Å². The second-order valence-electron chi connectivity index (χ2n) is 5.16. The van der Waals surface area contributed by atoms with Crippen molar-refractivity contribution in [2.45, 2.75) is 30.8 Å². The predicted octanol–water partition coefficient (Wildman–Crippen LogP) is -0.431. The third kappa shape index (κ3) is 1.88. The van der Waals surface area contributed by atoms with E-state index in [9.17, 15) is 10.2 Å². The molecule has 2 aromatic rings. The highest BCUT2D eigenvalue weighted by Crippen LogP contribution is 2.45. The second-order valence-corrected chi connectivity index (χ2v) is 5.16. The molecule has 0 aliphatic carbocycles. The van der Waals surface area contributed by atoms with Gasteiger partial charge in [-0.15, -0.1) is 0 Å². The van der Waals surface area contributed by atoms with E-state index >= 15 is 0 Å². The number of aliphatic hydroxyl groups is 2. The van der Waals surface area contributed by atoms with Crippen LogP contribution in [0.3, 0.4) is 0 Å². The maximum atomic E-state index is 10.3. The van der Waals surface area contributed by atoms with Crippen LogP contribution in [0.4, 0.5) is 5.95 Å². The van der Waals surface area contributed by atoms with Gasteiger partial charge in [-0.3, -0.25) is 0 Å². The largest absolute Gasteiger partial charge is 0.394 e. The lowest BCUT2D eigenvalue weighted by atomic mass is 9.87.